The van der Waals surface area contributed by atoms with Crippen LogP contribution in [0, 0.1) is 6.92 Å². The minimum atomic E-state index is -4.47. The second-order valence-corrected chi connectivity index (χ2v) is 34.8. The standard InChI is InChI=1S/C27H35F3N4O4Si.C21H24BrF3N4O2Si.C6H11O2.BrH.Zn/c1-26(2,3)38-23(35)14-18-13-21-22(16-34(24(21)31-15-18)17-37-11-12-39(4,5)6)33-25(36)32-20-9-7-19(8-10-20)27(28,29)30;1-32(2,3)9-8-31-13-29-12-18(17-10-15(22)11-26-19(17)29)28-20(30)27-16-6-4-14(5-7-16)21(23,24)25;1-5(7)8-6(2,3)4;;/h7-10,13,15-16H,11-12,14,17H2,1-6H3,(H2,32,33,36);4-7,10-12H,8-9,13H2,1-3H3,(H2,27,28,30);1H2,2-4H3;1H;/q;;-1;;+2/p-1. The molecule has 4 amide bonds. The van der Waals surface area contributed by atoms with Crippen LogP contribution < -0.4 is 21.3 Å². The van der Waals surface area contributed by atoms with E-state index < -0.39 is 74.8 Å². The first-order valence-electron chi connectivity index (χ1n) is 25.2. The molecule has 0 fully saturated rings. The number of aromatic nitrogens is 4. The van der Waals surface area contributed by atoms with Crippen LogP contribution in [0.5, 0.6) is 0 Å². The zero-order valence-electron chi connectivity index (χ0n) is 47.5. The molecule has 2 aromatic carbocycles. The molecular weight excluding hydrogens is 1280 g/mol. The number of carbonyl (C=O) groups is 4. The van der Waals surface area contributed by atoms with Crippen molar-refractivity contribution in [2.24, 2.45) is 0 Å². The van der Waals surface area contributed by atoms with E-state index in [1.165, 1.54) is 40.6 Å². The molecule has 0 saturated heterocycles. The molecule has 0 unspecified atom stereocenters. The zero-order valence-corrected chi connectivity index (χ0v) is 55.7. The minimum absolute atomic E-state index is 0.00467. The van der Waals surface area contributed by atoms with Crippen molar-refractivity contribution in [1.29, 1.82) is 0 Å². The molecule has 6 rings (SSSR count). The molecule has 0 aliphatic heterocycles. The first-order chi connectivity index (χ1) is 37.3. The van der Waals surface area contributed by atoms with Crippen molar-refractivity contribution in [3.63, 3.8) is 0 Å². The third-order valence-corrected chi connectivity index (χ3v) is 14.4. The molecule has 16 nitrogen and oxygen atoms in total. The number of alkyl halides is 6. The number of esters is 2. The second-order valence-electron chi connectivity index (χ2n) is 22.6. The summed E-state index contributed by atoms with van der Waals surface area (Å²) < 4.78 is 103. The monoisotopic (exact) mass is 1350 g/mol. The van der Waals surface area contributed by atoms with Crippen LogP contribution in [0.2, 0.25) is 51.4 Å². The molecule has 6 aromatic rings. The van der Waals surface area contributed by atoms with Gasteiger partial charge in [-0.25, -0.2) is 19.6 Å². The van der Waals surface area contributed by atoms with Crippen LogP contribution in [0.3, 0.4) is 0 Å². The molecule has 4 aromatic heterocycles. The normalized spacial score (nSPS) is 12.0. The molecular formula is C54H70Br2F6N8O8Si2Zn. The maximum atomic E-state index is 12.8. The summed E-state index contributed by atoms with van der Waals surface area (Å²) in [5.41, 5.74) is 0.523. The molecule has 4 heterocycles. The Labute approximate surface area is 495 Å². The number of nitrogens with one attached hydrogen (secondary N) is 4. The Morgan fingerprint density at radius 2 is 0.988 bits per heavy atom. The SMILES string of the molecule is CC(C)(C)OC(=O)Cc1cnc2c(c1)c(NC(=O)Nc1ccc(C(F)(F)F)cc1)cn2COCC[Si](C)(C)C.C[Si](C)(C)CCOCn1cc(NC(=O)Nc2ccc(C(F)(F)F)cc2)c2cc(Br)cnc21.[CH2-]C(=O)OC(C)(C)C.[Zn+][Br]. The van der Waals surface area contributed by atoms with Crippen LogP contribution in [0.1, 0.15) is 58.2 Å². The summed E-state index contributed by atoms with van der Waals surface area (Å²) in [5, 5.41) is 11.8. The molecule has 0 radical (unpaired) electrons. The third-order valence-electron chi connectivity index (χ3n) is 10.5. The number of fused-ring (bicyclic) bond motifs is 2. The Bertz CT molecular complexity index is 3030. The van der Waals surface area contributed by atoms with Gasteiger partial charge in [0, 0.05) is 80.8 Å². The van der Waals surface area contributed by atoms with Crippen LogP contribution in [0.4, 0.5) is 58.7 Å². The van der Waals surface area contributed by atoms with Crippen LogP contribution in [-0.4, -0.2) is 83.7 Å². The predicted octanol–water partition coefficient (Wildman–Crippen LogP) is 15.7. The number of hydrogen-bond acceptors (Lipinski definition) is 10. The Morgan fingerprint density at radius 3 is 1.33 bits per heavy atom. The fraction of sp³-hybridized carbons (Fsp3) is 0.426. The van der Waals surface area contributed by atoms with E-state index >= 15 is 0 Å². The predicted molar refractivity (Wildman–Crippen MR) is 313 cm³/mol. The molecule has 4 N–H and O–H groups in total. The molecule has 81 heavy (non-hydrogen) atoms. The van der Waals surface area contributed by atoms with E-state index in [1.807, 2.05) is 6.07 Å². The van der Waals surface area contributed by atoms with Gasteiger partial charge in [0.2, 0.25) is 0 Å². The average molecular weight is 1350 g/mol. The van der Waals surface area contributed by atoms with Gasteiger partial charge in [0.15, 0.2) is 5.97 Å². The molecule has 27 heteroatoms. The second kappa shape index (κ2) is 30.3. The molecule has 0 saturated carbocycles. The van der Waals surface area contributed by atoms with E-state index in [0.29, 0.717) is 52.2 Å². The van der Waals surface area contributed by atoms with E-state index in [4.69, 9.17) is 14.2 Å². The molecule has 0 bridgehead atoms. The number of benzene rings is 2. The summed E-state index contributed by atoms with van der Waals surface area (Å²) in [5.74, 6) is -0.884. The van der Waals surface area contributed by atoms with Gasteiger partial charge in [-0.15, -0.1) is 0 Å². The number of carbonyl (C=O) groups excluding carboxylic acids is 4. The number of amides is 4. The molecule has 0 spiro atoms. The van der Waals surface area contributed by atoms with Crippen LogP contribution >= 0.6 is 29.6 Å². The zero-order chi connectivity index (χ0) is 61.3. The van der Waals surface area contributed by atoms with Gasteiger partial charge in [0.1, 0.15) is 36.0 Å². The van der Waals surface area contributed by atoms with Gasteiger partial charge in [-0.3, -0.25) is 16.5 Å². The van der Waals surface area contributed by atoms with Gasteiger partial charge >= 0.3 is 60.3 Å². The number of hydrogen-bond donors (Lipinski definition) is 4. The van der Waals surface area contributed by atoms with Crippen molar-refractivity contribution in [2.45, 2.75) is 136 Å². The maximum absolute atomic E-state index is 12.8. The van der Waals surface area contributed by atoms with Gasteiger partial charge in [-0.05, 0) is 136 Å². The van der Waals surface area contributed by atoms with Crippen molar-refractivity contribution in [3.05, 3.63) is 114 Å². The van der Waals surface area contributed by atoms with Crippen LogP contribution in [-0.2, 0) is 77.1 Å². The number of urea groups is 2. The quantitative estimate of drug-likeness (QED) is 0.0239. The van der Waals surface area contributed by atoms with E-state index in [1.54, 1.807) is 81.5 Å². The van der Waals surface area contributed by atoms with Crippen molar-refractivity contribution in [3.8, 4) is 0 Å². The van der Waals surface area contributed by atoms with Crippen molar-refractivity contribution in [1.82, 2.24) is 19.1 Å². The van der Waals surface area contributed by atoms with Crippen LogP contribution in [0.25, 0.3) is 22.1 Å². The summed E-state index contributed by atoms with van der Waals surface area (Å²) in [6, 6.07) is 12.8. The number of pyridine rings is 2. The number of anilines is 4. The van der Waals surface area contributed by atoms with Gasteiger partial charge in [-0.1, -0.05) is 39.3 Å². The summed E-state index contributed by atoms with van der Waals surface area (Å²) in [6.07, 6.45) is -2.26. The van der Waals surface area contributed by atoms with Gasteiger partial charge < -0.3 is 49.3 Å². The summed E-state index contributed by atoms with van der Waals surface area (Å²) in [4.78, 5) is 56.6. The Balaban J connectivity index is 0.000000369. The van der Waals surface area contributed by atoms with Crippen molar-refractivity contribution in [2.75, 3.05) is 34.5 Å². The molecule has 0 aliphatic rings. The van der Waals surface area contributed by atoms with E-state index in [0.717, 1.165) is 40.8 Å². The first kappa shape index (κ1) is 70.0. The Kier molecular flexibility index (Phi) is 26.2. The molecule has 440 valence electrons. The number of ether oxygens (including phenoxy) is 4. The summed E-state index contributed by atoms with van der Waals surface area (Å²) in [6.45, 7) is 29.1. The van der Waals surface area contributed by atoms with Gasteiger partial charge in [0.05, 0.1) is 28.9 Å². The van der Waals surface area contributed by atoms with Crippen molar-refractivity contribution < 1.29 is 80.8 Å². The van der Waals surface area contributed by atoms with E-state index in [-0.39, 0.29) is 31.3 Å². The first-order valence-corrected chi connectivity index (χ1v) is 40.3. The van der Waals surface area contributed by atoms with Gasteiger partial charge in [0.25, 0.3) is 0 Å². The third kappa shape index (κ3) is 26.2. The fourth-order valence-corrected chi connectivity index (χ4v) is 8.72. The fourth-order valence-electron chi connectivity index (χ4n) is 6.88. The summed E-state index contributed by atoms with van der Waals surface area (Å²) >= 11 is 7.64. The summed E-state index contributed by atoms with van der Waals surface area (Å²) in [7, 11) is -2.49. The topological polar surface area (TPSA) is 189 Å². The van der Waals surface area contributed by atoms with Gasteiger partial charge in [-0.2, -0.15) is 26.3 Å². The molecule has 0 atom stereocenters. The Morgan fingerprint density at radius 1 is 0.605 bits per heavy atom. The number of nitrogens with zero attached hydrogens (tertiary/aromatic N) is 4. The van der Waals surface area contributed by atoms with E-state index in [9.17, 15) is 45.5 Å². The van der Waals surface area contributed by atoms with Crippen molar-refractivity contribution >= 4 is 115 Å². The average Bonchev–Trinajstić information content (AvgIpc) is 3.99. The van der Waals surface area contributed by atoms with Crippen LogP contribution in [0.15, 0.2) is 89.9 Å². The van der Waals surface area contributed by atoms with E-state index in [2.05, 4.69) is 112 Å². The number of rotatable bonds is 16. The Hall–Kier alpha value is -5.31. The molecule has 0 aliphatic carbocycles. The number of halogens is 8.